The molecular formula is C79H157NO5. The maximum Gasteiger partial charge on any atom is 0.305 e. The summed E-state index contributed by atoms with van der Waals surface area (Å²) in [4.78, 5) is 24.7. The lowest BCUT2D eigenvalue weighted by Gasteiger charge is -2.22. The van der Waals surface area contributed by atoms with Crippen LogP contribution in [0.15, 0.2) is 0 Å². The standard InChI is InChI=1S/C79H157NO5/c1-3-5-7-9-11-13-15-17-19-21-22-23-30-33-36-40-43-47-51-55-59-63-67-71-77(82)76(75-81)80-78(83)72-68-64-60-56-52-48-44-41-37-34-31-28-26-24-25-27-29-32-35-38-42-46-50-54-58-62-66-70-74-85-79(84)73-69-65-61-57-53-49-45-39-20-18-16-14-12-10-8-6-4-2/h76-77,81-82H,3-75H2,1-2H3,(H,80,83). The maximum atomic E-state index is 12.6. The van der Waals surface area contributed by atoms with Crippen LogP contribution in [0.1, 0.15) is 470 Å². The summed E-state index contributed by atoms with van der Waals surface area (Å²) in [6.07, 6.45) is 93.3. The first-order chi connectivity index (χ1) is 42.0. The highest BCUT2D eigenvalue weighted by Gasteiger charge is 2.20. The minimum atomic E-state index is -0.663. The summed E-state index contributed by atoms with van der Waals surface area (Å²) in [5.41, 5.74) is 0. The van der Waals surface area contributed by atoms with E-state index in [1.165, 1.54) is 398 Å². The lowest BCUT2D eigenvalue weighted by Crippen LogP contribution is -2.45. The Labute approximate surface area is 534 Å². The molecule has 508 valence electrons. The lowest BCUT2D eigenvalue weighted by atomic mass is 10.0. The molecule has 0 saturated heterocycles. The van der Waals surface area contributed by atoms with Gasteiger partial charge in [0.25, 0.3) is 0 Å². The predicted octanol–water partition coefficient (Wildman–Crippen LogP) is 26.1. The monoisotopic (exact) mass is 1200 g/mol. The van der Waals surface area contributed by atoms with E-state index in [2.05, 4.69) is 19.2 Å². The van der Waals surface area contributed by atoms with Gasteiger partial charge in [0, 0.05) is 12.8 Å². The molecule has 0 aromatic heterocycles. The SMILES string of the molecule is CCCCCCCCCCCCCCCCCCCCCCCCCC(O)C(CO)NC(=O)CCCCCCCCCCCCCCCCCCCCCCCCCCCCCCOC(=O)CCCCCCCCCCCCCCCCCCC. The fourth-order valence-electron chi connectivity index (χ4n) is 13.1. The molecule has 0 radical (unpaired) electrons. The van der Waals surface area contributed by atoms with Crippen molar-refractivity contribution >= 4 is 11.9 Å². The third-order valence-corrected chi connectivity index (χ3v) is 19.2. The maximum absolute atomic E-state index is 12.6. The van der Waals surface area contributed by atoms with Crippen molar-refractivity contribution in [3.05, 3.63) is 0 Å². The number of carbonyl (C=O) groups is 2. The molecule has 0 saturated carbocycles. The Morgan fingerprint density at radius 1 is 0.282 bits per heavy atom. The zero-order valence-electron chi connectivity index (χ0n) is 58.4. The number of aliphatic hydroxyl groups is 2. The Hall–Kier alpha value is -1.14. The number of esters is 1. The number of hydrogen-bond acceptors (Lipinski definition) is 5. The van der Waals surface area contributed by atoms with Gasteiger partial charge in [-0.05, 0) is 25.7 Å². The van der Waals surface area contributed by atoms with Gasteiger partial charge in [-0.2, -0.15) is 0 Å². The quantitative estimate of drug-likeness (QED) is 0.0417. The van der Waals surface area contributed by atoms with Crippen molar-refractivity contribution in [3.63, 3.8) is 0 Å². The smallest absolute Gasteiger partial charge is 0.305 e. The van der Waals surface area contributed by atoms with Crippen molar-refractivity contribution in [2.75, 3.05) is 13.2 Å². The van der Waals surface area contributed by atoms with Crippen LogP contribution in [0, 0.1) is 0 Å². The van der Waals surface area contributed by atoms with E-state index in [9.17, 15) is 19.8 Å². The highest BCUT2D eigenvalue weighted by atomic mass is 16.5. The number of amides is 1. The van der Waals surface area contributed by atoms with Crippen LogP contribution in [0.25, 0.3) is 0 Å². The van der Waals surface area contributed by atoms with Gasteiger partial charge in [0.15, 0.2) is 0 Å². The van der Waals surface area contributed by atoms with Gasteiger partial charge in [-0.15, -0.1) is 0 Å². The summed E-state index contributed by atoms with van der Waals surface area (Å²) in [5, 5.41) is 23.5. The molecule has 3 N–H and O–H groups in total. The van der Waals surface area contributed by atoms with Gasteiger partial charge in [-0.1, -0.05) is 431 Å². The van der Waals surface area contributed by atoms with Gasteiger partial charge in [0.1, 0.15) is 0 Å². The van der Waals surface area contributed by atoms with E-state index in [1.54, 1.807) is 0 Å². The Kier molecular flexibility index (Phi) is 74.3. The van der Waals surface area contributed by atoms with Crippen molar-refractivity contribution in [1.29, 1.82) is 0 Å². The summed E-state index contributed by atoms with van der Waals surface area (Å²) in [7, 11) is 0. The second-order valence-corrected chi connectivity index (χ2v) is 27.8. The van der Waals surface area contributed by atoms with Crippen LogP contribution >= 0.6 is 0 Å². The third-order valence-electron chi connectivity index (χ3n) is 19.2. The normalized spacial score (nSPS) is 12.4. The van der Waals surface area contributed by atoms with E-state index in [1.807, 2.05) is 0 Å². The second-order valence-electron chi connectivity index (χ2n) is 27.8. The molecule has 0 rings (SSSR count). The minimum absolute atomic E-state index is 0.0245. The average Bonchev–Trinajstić information content (AvgIpc) is 3.51. The number of carbonyl (C=O) groups excluding carboxylic acids is 2. The van der Waals surface area contributed by atoms with Gasteiger partial charge in [-0.3, -0.25) is 9.59 Å². The molecule has 2 unspecified atom stereocenters. The summed E-state index contributed by atoms with van der Waals surface area (Å²) in [6.45, 7) is 5.02. The summed E-state index contributed by atoms with van der Waals surface area (Å²) in [6, 6.07) is -0.539. The molecule has 0 aliphatic rings. The minimum Gasteiger partial charge on any atom is -0.466 e. The molecule has 0 heterocycles. The number of hydrogen-bond donors (Lipinski definition) is 3. The fraction of sp³-hybridized carbons (Fsp3) is 0.975. The molecule has 0 spiro atoms. The third kappa shape index (κ3) is 71.8. The van der Waals surface area contributed by atoms with Crippen LogP contribution < -0.4 is 5.32 Å². The van der Waals surface area contributed by atoms with Gasteiger partial charge in [0.2, 0.25) is 5.91 Å². The first-order valence-electron chi connectivity index (χ1n) is 39.8. The Morgan fingerprint density at radius 2 is 0.482 bits per heavy atom. The van der Waals surface area contributed by atoms with Gasteiger partial charge in [0.05, 0.1) is 25.4 Å². The van der Waals surface area contributed by atoms with Crippen LogP contribution in [-0.2, 0) is 14.3 Å². The van der Waals surface area contributed by atoms with Crippen molar-refractivity contribution in [3.8, 4) is 0 Å². The van der Waals surface area contributed by atoms with Gasteiger partial charge in [-0.25, -0.2) is 0 Å². The first-order valence-corrected chi connectivity index (χ1v) is 39.8. The van der Waals surface area contributed by atoms with E-state index in [4.69, 9.17) is 4.74 Å². The average molecular weight is 1200 g/mol. The molecule has 0 aromatic rings. The topological polar surface area (TPSA) is 95.9 Å². The lowest BCUT2D eigenvalue weighted by molar-refractivity contribution is -0.143. The van der Waals surface area contributed by atoms with E-state index >= 15 is 0 Å². The number of ether oxygens (including phenoxy) is 1. The molecule has 0 bridgehead atoms. The van der Waals surface area contributed by atoms with Crippen molar-refractivity contribution in [1.82, 2.24) is 5.32 Å². The zero-order chi connectivity index (χ0) is 61.3. The van der Waals surface area contributed by atoms with Gasteiger partial charge >= 0.3 is 5.97 Å². The van der Waals surface area contributed by atoms with E-state index in [0.717, 1.165) is 38.5 Å². The van der Waals surface area contributed by atoms with Gasteiger partial charge < -0.3 is 20.3 Å². The Morgan fingerprint density at radius 3 is 0.718 bits per heavy atom. The molecule has 0 aliphatic carbocycles. The van der Waals surface area contributed by atoms with Crippen LogP contribution in [0.4, 0.5) is 0 Å². The highest BCUT2D eigenvalue weighted by molar-refractivity contribution is 5.76. The Balaban J connectivity index is 3.33. The number of unbranched alkanes of at least 4 members (excludes halogenated alkanes) is 65. The Bertz CT molecular complexity index is 1240. The fourth-order valence-corrected chi connectivity index (χ4v) is 13.1. The van der Waals surface area contributed by atoms with Crippen LogP contribution in [0.3, 0.4) is 0 Å². The van der Waals surface area contributed by atoms with E-state index in [-0.39, 0.29) is 18.5 Å². The summed E-state index contributed by atoms with van der Waals surface area (Å²) >= 11 is 0. The first kappa shape index (κ1) is 83.9. The predicted molar refractivity (Wildman–Crippen MR) is 375 cm³/mol. The molecule has 0 fully saturated rings. The number of aliphatic hydroxyl groups excluding tert-OH is 2. The van der Waals surface area contributed by atoms with Crippen LogP contribution in [-0.4, -0.2) is 47.4 Å². The molecule has 85 heavy (non-hydrogen) atoms. The molecular weight excluding hydrogens is 1040 g/mol. The van der Waals surface area contributed by atoms with Crippen molar-refractivity contribution in [2.24, 2.45) is 0 Å². The molecule has 0 aliphatic heterocycles. The molecule has 6 nitrogen and oxygen atoms in total. The molecule has 1 amide bonds. The van der Waals surface area contributed by atoms with E-state index < -0.39 is 12.1 Å². The van der Waals surface area contributed by atoms with Crippen LogP contribution in [0.5, 0.6) is 0 Å². The summed E-state index contributed by atoms with van der Waals surface area (Å²) < 4.78 is 5.52. The molecule has 6 heteroatoms. The zero-order valence-corrected chi connectivity index (χ0v) is 58.4. The summed E-state index contributed by atoms with van der Waals surface area (Å²) in [5.74, 6) is -0.000807. The van der Waals surface area contributed by atoms with Crippen LogP contribution in [0.2, 0.25) is 0 Å². The van der Waals surface area contributed by atoms with Crippen molar-refractivity contribution < 1.29 is 24.5 Å². The molecule has 0 aromatic carbocycles. The van der Waals surface area contributed by atoms with E-state index in [0.29, 0.717) is 25.9 Å². The molecule has 2 atom stereocenters. The number of nitrogens with one attached hydrogen (secondary N) is 1. The second kappa shape index (κ2) is 75.3. The number of rotatable bonds is 76. The van der Waals surface area contributed by atoms with Crippen molar-refractivity contribution in [2.45, 2.75) is 482 Å². The largest absolute Gasteiger partial charge is 0.466 e. The highest BCUT2D eigenvalue weighted by Crippen LogP contribution is 2.21.